The summed E-state index contributed by atoms with van der Waals surface area (Å²) in [6.07, 6.45) is 4.19. The van der Waals surface area contributed by atoms with Crippen LogP contribution < -0.4 is 14.8 Å². The number of phenolic OH excluding ortho intramolecular Hbond substituents is 1. The fourth-order valence-corrected chi connectivity index (χ4v) is 5.59. The number of benzene rings is 4. The van der Waals surface area contributed by atoms with Gasteiger partial charge in [0.2, 0.25) is 0 Å². The van der Waals surface area contributed by atoms with Gasteiger partial charge in [-0.05, 0) is 73.9 Å². The molecular formula is C33H28FNO3. The van der Waals surface area contributed by atoms with Crippen LogP contribution in [-0.4, -0.2) is 17.8 Å². The number of fused-ring (bicyclic) bond motifs is 5. The number of anilines is 1. The number of hydrogen-bond donors (Lipinski definition) is 2. The molecule has 2 heterocycles. The number of halogens is 1. The summed E-state index contributed by atoms with van der Waals surface area (Å²) in [4.78, 5) is 0. The molecule has 0 aromatic heterocycles. The van der Waals surface area contributed by atoms with Crippen LogP contribution in [0, 0.1) is 5.82 Å². The summed E-state index contributed by atoms with van der Waals surface area (Å²) in [5.74, 6) is 1.41. The quantitative estimate of drug-likeness (QED) is 0.294. The molecular weight excluding hydrogens is 477 g/mol. The van der Waals surface area contributed by atoms with Crippen molar-refractivity contribution in [2.24, 2.45) is 0 Å². The normalized spacial score (nSPS) is 15.9. The number of nitrogens with one attached hydrogen (secondary N) is 1. The third-order valence-electron chi connectivity index (χ3n) is 7.04. The molecule has 0 amide bonds. The van der Waals surface area contributed by atoms with Gasteiger partial charge in [0.25, 0.3) is 0 Å². The average Bonchev–Trinajstić information content (AvgIpc) is 2.88. The maximum atomic E-state index is 14.5. The molecule has 0 unspecified atom stereocenters. The highest BCUT2D eigenvalue weighted by Gasteiger charge is 2.33. The Labute approximate surface area is 221 Å². The molecule has 0 saturated carbocycles. The Bertz CT molecular complexity index is 1670. The van der Waals surface area contributed by atoms with Gasteiger partial charge >= 0.3 is 0 Å². The lowest BCUT2D eigenvalue weighted by Crippen LogP contribution is -2.32. The molecule has 4 aromatic rings. The van der Waals surface area contributed by atoms with Gasteiger partial charge in [0.05, 0.1) is 18.2 Å². The molecule has 2 N–H and O–H groups in total. The van der Waals surface area contributed by atoms with E-state index >= 15 is 0 Å². The number of aromatic hydroxyl groups is 1. The second-order valence-corrected chi connectivity index (χ2v) is 10.3. The Hall–Kier alpha value is -4.51. The number of allylic oxidation sites excluding steroid dienone is 1. The molecule has 2 aliphatic heterocycles. The Kier molecular flexibility index (Phi) is 5.53. The number of ether oxygens (including phenoxy) is 2. The van der Waals surface area contributed by atoms with Crippen LogP contribution in [0.3, 0.4) is 0 Å². The van der Waals surface area contributed by atoms with Crippen LogP contribution in [0.25, 0.3) is 39.7 Å². The summed E-state index contributed by atoms with van der Waals surface area (Å²) in [5.41, 5.74) is 7.70. The van der Waals surface area contributed by atoms with Crippen molar-refractivity contribution in [3.05, 3.63) is 101 Å². The van der Waals surface area contributed by atoms with Gasteiger partial charge in [0, 0.05) is 27.9 Å². The van der Waals surface area contributed by atoms with E-state index in [4.69, 9.17) is 9.47 Å². The zero-order chi connectivity index (χ0) is 26.6. The fourth-order valence-electron chi connectivity index (χ4n) is 5.59. The van der Waals surface area contributed by atoms with E-state index in [1.807, 2.05) is 42.5 Å². The second kappa shape index (κ2) is 8.80. The van der Waals surface area contributed by atoms with Crippen molar-refractivity contribution in [2.45, 2.75) is 26.3 Å². The molecule has 0 spiro atoms. The number of hydrogen-bond acceptors (Lipinski definition) is 4. The van der Waals surface area contributed by atoms with Crippen molar-refractivity contribution < 1.29 is 19.0 Å². The van der Waals surface area contributed by atoms with Crippen LogP contribution in [0.4, 0.5) is 10.1 Å². The minimum Gasteiger partial charge on any atom is -0.504 e. The minimum atomic E-state index is -0.263. The molecule has 0 atom stereocenters. The van der Waals surface area contributed by atoms with E-state index in [9.17, 15) is 9.50 Å². The first-order valence-corrected chi connectivity index (χ1v) is 12.6. The van der Waals surface area contributed by atoms with Gasteiger partial charge in [-0.3, -0.25) is 0 Å². The molecule has 4 aromatic carbocycles. The number of rotatable bonds is 3. The average molecular weight is 506 g/mol. The van der Waals surface area contributed by atoms with E-state index in [0.29, 0.717) is 28.4 Å². The SMILES string of the molecule is COc1c(O)ccc2c1-c1ccc3c(c1C(=Cc1cccc(-c4ccccc4F)c1)O2)C(C)=CC(C)(C)N3. The van der Waals surface area contributed by atoms with Crippen LogP contribution in [0.5, 0.6) is 17.2 Å². The first-order chi connectivity index (χ1) is 18.3. The molecule has 2 aliphatic rings. The van der Waals surface area contributed by atoms with Gasteiger partial charge in [-0.15, -0.1) is 0 Å². The fraction of sp³-hybridized carbons (Fsp3) is 0.152. The molecule has 0 aliphatic carbocycles. The molecule has 190 valence electrons. The molecule has 0 fully saturated rings. The first-order valence-electron chi connectivity index (χ1n) is 12.6. The van der Waals surface area contributed by atoms with Crippen molar-refractivity contribution >= 4 is 23.1 Å². The van der Waals surface area contributed by atoms with Gasteiger partial charge in [-0.1, -0.05) is 48.5 Å². The molecule has 0 radical (unpaired) electrons. The van der Waals surface area contributed by atoms with Crippen LogP contribution in [0.15, 0.2) is 78.9 Å². The Morgan fingerprint density at radius 3 is 2.53 bits per heavy atom. The van der Waals surface area contributed by atoms with Crippen molar-refractivity contribution in [2.75, 3.05) is 12.4 Å². The largest absolute Gasteiger partial charge is 0.504 e. The van der Waals surface area contributed by atoms with E-state index in [2.05, 4.69) is 38.2 Å². The molecule has 0 bridgehead atoms. The Morgan fingerprint density at radius 2 is 1.74 bits per heavy atom. The van der Waals surface area contributed by atoms with E-state index < -0.39 is 0 Å². The highest BCUT2D eigenvalue weighted by Crippen LogP contribution is 2.54. The third-order valence-corrected chi connectivity index (χ3v) is 7.04. The Morgan fingerprint density at radius 1 is 0.921 bits per heavy atom. The predicted octanol–water partition coefficient (Wildman–Crippen LogP) is 8.37. The smallest absolute Gasteiger partial charge is 0.172 e. The summed E-state index contributed by atoms with van der Waals surface area (Å²) in [6, 6.07) is 22.0. The van der Waals surface area contributed by atoms with Crippen molar-refractivity contribution in [1.29, 1.82) is 0 Å². The molecule has 5 heteroatoms. The van der Waals surface area contributed by atoms with Gasteiger partial charge in [-0.25, -0.2) is 4.39 Å². The lowest BCUT2D eigenvalue weighted by Gasteiger charge is -2.35. The van der Waals surface area contributed by atoms with Gasteiger partial charge < -0.3 is 19.9 Å². The highest BCUT2D eigenvalue weighted by molar-refractivity contribution is 6.02. The van der Waals surface area contributed by atoms with Crippen molar-refractivity contribution in [1.82, 2.24) is 0 Å². The summed E-state index contributed by atoms with van der Waals surface area (Å²) in [7, 11) is 1.54. The Balaban J connectivity index is 1.59. The topological polar surface area (TPSA) is 50.7 Å². The monoisotopic (exact) mass is 505 g/mol. The lowest BCUT2D eigenvalue weighted by molar-refractivity contribution is 0.371. The van der Waals surface area contributed by atoms with E-state index in [1.54, 1.807) is 31.4 Å². The number of methoxy groups -OCH3 is 1. The van der Waals surface area contributed by atoms with E-state index in [0.717, 1.165) is 39.1 Å². The third kappa shape index (κ3) is 3.91. The van der Waals surface area contributed by atoms with E-state index in [1.165, 1.54) is 6.07 Å². The van der Waals surface area contributed by atoms with Crippen LogP contribution >= 0.6 is 0 Å². The van der Waals surface area contributed by atoms with Gasteiger partial charge in [0.15, 0.2) is 11.5 Å². The first kappa shape index (κ1) is 23.9. The van der Waals surface area contributed by atoms with Crippen LogP contribution in [0.2, 0.25) is 0 Å². The molecule has 4 nitrogen and oxygen atoms in total. The summed E-state index contributed by atoms with van der Waals surface area (Å²) < 4.78 is 26.7. The molecule has 38 heavy (non-hydrogen) atoms. The van der Waals surface area contributed by atoms with Gasteiger partial charge in [-0.2, -0.15) is 0 Å². The number of phenols is 1. The maximum Gasteiger partial charge on any atom is 0.172 e. The summed E-state index contributed by atoms with van der Waals surface area (Å²) in [6.45, 7) is 6.38. The van der Waals surface area contributed by atoms with Crippen LogP contribution in [0.1, 0.15) is 37.5 Å². The lowest BCUT2D eigenvalue weighted by atomic mass is 9.82. The predicted molar refractivity (Wildman–Crippen MR) is 152 cm³/mol. The van der Waals surface area contributed by atoms with Crippen LogP contribution in [-0.2, 0) is 0 Å². The summed E-state index contributed by atoms with van der Waals surface area (Å²) >= 11 is 0. The van der Waals surface area contributed by atoms with Crippen molar-refractivity contribution in [3.63, 3.8) is 0 Å². The molecule has 6 rings (SSSR count). The van der Waals surface area contributed by atoms with Crippen molar-refractivity contribution in [3.8, 4) is 39.5 Å². The minimum absolute atomic E-state index is 0.0510. The zero-order valence-electron chi connectivity index (χ0n) is 21.7. The second-order valence-electron chi connectivity index (χ2n) is 10.3. The van der Waals surface area contributed by atoms with Gasteiger partial charge in [0.1, 0.15) is 17.3 Å². The molecule has 0 saturated heterocycles. The zero-order valence-corrected chi connectivity index (χ0v) is 21.7. The summed E-state index contributed by atoms with van der Waals surface area (Å²) in [5, 5.41) is 14.2. The highest BCUT2D eigenvalue weighted by atomic mass is 19.1. The standard InChI is InChI=1S/C33H28FNO3/c1-19-18-33(2,3)35-25-13-12-23-30(29(19)25)28(38-27-15-14-26(36)32(37-4)31(23)27)17-20-8-7-9-21(16-20)22-10-5-6-11-24(22)34/h5-18,35-36H,1-4H3. The maximum absolute atomic E-state index is 14.5. The van der Waals surface area contributed by atoms with E-state index in [-0.39, 0.29) is 17.1 Å².